The Morgan fingerprint density at radius 2 is 2.35 bits per heavy atom. The SMILES string of the molecule is CCCNC(c1ccn(C)n1)c1scnc1C. The van der Waals surface area contributed by atoms with E-state index < -0.39 is 0 Å². The molecule has 0 aromatic carbocycles. The number of rotatable bonds is 5. The summed E-state index contributed by atoms with van der Waals surface area (Å²) in [6, 6.07) is 2.23. The first-order chi connectivity index (χ1) is 8.22. The number of aromatic nitrogens is 3. The van der Waals surface area contributed by atoms with Crippen molar-refractivity contribution in [3.63, 3.8) is 0 Å². The monoisotopic (exact) mass is 250 g/mol. The zero-order valence-electron chi connectivity index (χ0n) is 10.5. The topological polar surface area (TPSA) is 42.7 Å². The molecule has 0 amide bonds. The first-order valence-electron chi connectivity index (χ1n) is 5.85. The predicted octanol–water partition coefficient (Wildman–Crippen LogP) is 2.27. The van der Waals surface area contributed by atoms with Crippen molar-refractivity contribution in [1.82, 2.24) is 20.1 Å². The van der Waals surface area contributed by atoms with E-state index in [1.165, 1.54) is 4.88 Å². The highest BCUT2D eigenvalue weighted by molar-refractivity contribution is 7.09. The zero-order valence-corrected chi connectivity index (χ0v) is 11.3. The van der Waals surface area contributed by atoms with Crippen LogP contribution in [-0.4, -0.2) is 21.3 Å². The summed E-state index contributed by atoms with van der Waals surface area (Å²) in [5.74, 6) is 0. The van der Waals surface area contributed by atoms with Crippen LogP contribution in [0.15, 0.2) is 17.8 Å². The van der Waals surface area contributed by atoms with Gasteiger partial charge in [-0.3, -0.25) is 4.68 Å². The average Bonchev–Trinajstić information content (AvgIpc) is 2.90. The molecule has 1 N–H and O–H groups in total. The van der Waals surface area contributed by atoms with Gasteiger partial charge in [0.25, 0.3) is 0 Å². The average molecular weight is 250 g/mol. The lowest BCUT2D eigenvalue weighted by Crippen LogP contribution is -2.23. The van der Waals surface area contributed by atoms with Gasteiger partial charge in [0.15, 0.2) is 0 Å². The molecule has 2 aromatic heterocycles. The highest BCUT2D eigenvalue weighted by Crippen LogP contribution is 2.26. The van der Waals surface area contributed by atoms with E-state index in [1.807, 2.05) is 23.4 Å². The van der Waals surface area contributed by atoms with Crippen LogP contribution < -0.4 is 5.32 Å². The molecule has 5 heteroatoms. The third-order valence-corrected chi connectivity index (χ3v) is 3.67. The Bertz CT molecular complexity index is 474. The summed E-state index contributed by atoms with van der Waals surface area (Å²) >= 11 is 1.69. The summed E-state index contributed by atoms with van der Waals surface area (Å²) in [5.41, 5.74) is 4.05. The van der Waals surface area contributed by atoms with Crippen LogP contribution in [0.25, 0.3) is 0 Å². The lowest BCUT2D eigenvalue weighted by molar-refractivity contribution is 0.579. The van der Waals surface area contributed by atoms with E-state index in [9.17, 15) is 0 Å². The standard InChI is InChI=1S/C12H18N4S/c1-4-6-13-11(10-5-7-16(3)15-10)12-9(2)14-8-17-12/h5,7-8,11,13H,4,6H2,1-3H3. The third kappa shape index (κ3) is 2.73. The van der Waals surface area contributed by atoms with Gasteiger partial charge in [0.1, 0.15) is 0 Å². The van der Waals surface area contributed by atoms with Crippen LogP contribution in [0, 0.1) is 6.92 Å². The molecule has 0 aliphatic heterocycles. The van der Waals surface area contributed by atoms with Gasteiger partial charge in [-0.05, 0) is 26.0 Å². The molecule has 0 bridgehead atoms. The van der Waals surface area contributed by atoms with Crippen molar-refractivity contribution in [2.45, 2.75) is 26.3 Å². The molecule has 92 valence electrons. The number of aryl methyl sites for hydroxylation is 2. The Labute approximate surface area is 106 Å². The van der Waals surface area contributed by atoms with Gasteiger partial charge in [-0.25, -0.2) is 4.98 Å². The summed E-state index contributed by atoms with van der Waals surface area (Å²) in [5, 5.41) is 8.03. The van der Waals surface area contributed by atoms with Gasteiger partial charge in [0.05, 0.1) is 27.8 Å². The molecule has 0 aliphatic rings. The normalized spacial score (nSPS) is 12.9. The predicted molar refractivity (Wildman–Crippen MR) is 70.2 cm³/mol. The molecule has 1 unspecified atom stereocenters. The minimum absolute atomic E-state index is 0.170. The van der Waals surface area contributed by atoms with Crippen LogP contribution in [-0.2, 0) is 7.05 Å². The Morgan fingerprint density at radius 1 is 1.53 bits per heavy atom. The fourth-order valence-electron chi connectivity index (χ4n) is 1.80. The van der Waals surface area contributed by atoms with E-state index in [0.29, 0.717) is 0 Å². The molecule has 4 nitrogen and oxygen atoms in total. The van der Waals surface area contributed by atoms with Gasteiger partial charge < -0.3 is 5.32 Å². The maximum Gasteiger partial charge on any atom is 0.0882 e. The summed E-state index contributed by atoms with van der Waals surface area (Å²) in [7, 11) is 1.94. The van der Waals surface area contributed by atoms with E-state index in [-0.39, 0.29) is 6.04 Å². The second kappa shape index (κ2) is 5.42. The fourth-order valence-corrected chi connectivity index (χ4v) is 2.68. The van der Waals surface area contributed by atoms with E-state index in [4.69, 9.17) is 0 Å². The molecule has 0 spiro atoms. The van der Waals surface area contributed by atoms with Gasteiger partial charge in [-0.15, -0.1) is 11.3 Å². The van der Waals surface area contributed by atoms with E-state index in [0.717, 1.165) is 24.4 Å². The van der Waals surface area contributed by atoms with Crippen molar-refractivity contribution >= 4 is 11.3 Å². The van der Waals surface area contributed by atoms with Crippen LogP contribution in [0.4, 0.5) is 0 Å². The molecule has 0 fully saturated rings. The van der Waals surface area contributed by atoms with Crippen LogP contribution in [0.5, 0.6) is 0 Å². The molecule has 0 radical (unpaired) electrons. The Kier molecular flexibility index (Phi) is 3.91. The summed E-state index contributed by atoms with van der Waals surface area (Å²) in [4.78, 5) is 5.58. The molecule has 2 aromatic rings. The van der Waals surface area contributed by atoms with Gasteiger partial charge >= 0.3 is 0 Å². The maximum atomic E-state index is 4.49. The molecular weight excluding hydrogens is 232 g/mol. The first-order valence-corrected chi connectivity index (χ1v) is 6.73. The summed E-state index contributed by atoms with van der Waals surface area (Å²) in [6.45, 7) is 5.20. The largest absolute Gasteiger partial charge is 0.304 e. The van der Waals surface area contributed by atoms with Crippen molar-refractivity contribution in [1.29, 1.82) is 0 Å². The second-order valence-corrected chi connectivity index (χ2v) is 4.99. The van der Waals surface area contributed by atoms with Crippen LogP contribution in [0.3, 0.4) is 0 Å². The van der Waals surface area contributed by atoms with E-state index in [2.05, 4.69) is 35.3 Å². The second-order valence-electron chi connectivity index (χ2n) is 4.10. The maximum absolute atomic E-state index is 4.49. The first kappa shape index (κ1) is 12.3. The lowest BCUT2D eigenvalue weighted by atomic mass is 10.1. The van der Waals surface area contributed by atoms with Crippen LogP contribution >= 0.6 is 11.3 Å². The van der Waals surface area contributed by atoms with Gasteiger partial charge in [0.2, 0.25) is 0 Å². The summed E-state index contributed by atoms with van der Waals surface area (Å²) < 4.78 is 1.84. The molecule has 0 aliphatic carbocycles. The molecule has 17 heavy (non-hydrogen) atoms. The molecule has 1 atom stereocenters. The van der Waals surface area contributed by atoms with Crippen molar-refractivity contribution in [3.05, 3.63) is 34.0 Å². The van der Waals surface area contributed by atoms with Crippen LogP contribution in [0.2, 0.25) is 0 Å². The molecular formula is C12H18N4S. The molecule has 0 saturated carbocycles. The van der Waals surface area contributed by atoms with Crippen molar-refractivity contribution < 1.29 is 0 Å². The Hall–Kier alpha value is -1.20. The van der Waals surface area contributed by atoms with E-state index in [1.54, 1.807) is 11.3 Å². The molecule has 2 rings (SSSR count). The Balaban J connectivity index is 2.28. The van der Waals surface area contributed by atoms with Crippen molar-refractivity contribution in [3.8, 4) is 0 Å². The number of thiazole rings is 1. The molecule has 0 saturated heterocycles. The van der Waals surface area contributed by atoms with Gasteiger partial charge in [-0.2, -0.15) is 5.10 Å². The van der Waals surface area contributed by atoms with Crippen molar-refractivity contribution in [2.75, 3.05) is 6.54 Å². The minimum atomic E-state index is 0.170. The third-order valence-electron chi connectivity index (χ3n) is 2.67. The molecule has 2 heterocycles. The highest BCUT2D eigenvalue weighted by Gasteiger charge is 2.19. The number of hydrogen-bond donors (Lipinski definition) is 1. The minimum Gasteiger partial charge on any atom is -0.304 e. The smallest absolute Gasteiger partial charge is 0.0882 e. The van der Waals surface area contributed by atoms with Crippen LogP contribution in [0.1, 0.15) is 35.7 Å². The highest BCUT2D eigenvalue weighted by atomic mass is 32.1. The fraction of sp³-hybridized carbons (Fsp3) is 0.500. The number of hydrogen-bond acceptors (Lipinski definition) is 4. The number of nitrogens with one attached hydrogen (secondary N) is 1. The van der Waals surface area contributed by atoms with Crippen molar-refractivity contribution in [2.24, 2.45) is 7.05 Å². The Morgan fingerprint density at radius 3 is 2.88 bits per heavy atom. The van der Waals surface area contributed by atoms with E-state index >= 15 is 0 Å². The van der Waals surface area contributed by atoms with Gasteiger partial charge in [0, 0.05) is 13.2 Å². The number of nitrogens with zero attached hydrogens (tertiary/aromatic N) is 3. The lowest BCUT2D eigenvalue weighted by Gasteiger charge is -2.15. The summed E-state index contributed by atoms with van der Waals surface area (Å²) in [6.07, 6.45) is 3.09. The van der Waals surface area contributed by atoms with Gasteiger partial charge in [-0.1, -0.05) is 6.92 Å². The zero-order chi connectivity index (χ0) is 12.3. The quantitative estimate of drug-likeness (QED) is 0.885.